The van der Waals surface area contributed by atoms with E-state index in [0.717, 1.165) is 11.1 Å². The molecule has 0 saturated carbocycles. The molecule has 26 heavy (non-hydrogen) atoms. The van der Waals surface area contributed by atoms with Crippen LogP contribution < -0.4 is 0 Å². The first-order valence-corrected chi connectivity index (χ1v) is 9.13. The van der Waals surface area contributed by atoms with Crippen LogP contribution in [0.25, 0.3) is 0 Å². The second-order valence-corrected chi connectivity index (χ2v) is 7.26. The predicted octanol–water partition coefficient (Wildman–Crippen LogP) is 4.37. The number of carbonyl (C=O) groups is 2. The van der Waals surface area contributed by atoms with Crippen molar-refractivity contribution in [2.45, 2.75) is 45.2 Å². The lowest BCUT2D eigenvalue weighted by molar-refractivity contribution is -0.152. The van der Waals surface area contributed by atoms with E-state index < -0.39 is 17.9 Å². The van der Waals surface area contributed by atoms with Crippen molar-refractivity contribution in [2.75, 3.05) is 0 Å². The molecule has 0 aliphatic carbocycles. The summed E-state index contributed by atoms with van der Waals surface area (Å²) in [4.78, 5) is 26.3. The van der Waals surface area contributed by atoms with Gasteiger partial charge in [0.2, 0.25) is 5.91 Å². The van der Waals surface area contributed by atoms with Crippen molar-refractivity contribution in [1.29, 1.82) is 0 Å². The number of benzene rings is 2. The maximum absolute atomic E-state index is 12.7. The highest BCUT2D eigenvalue weighted by Crippen LogP contribution is 2.38. The minimum Gasteiger partial charge on any atom is -0.481 e. The van der Waals surface area contributed by atoms with Crippen LogP contribution in [0.2, 0.25) is 0 Å². The summed E-state index contributed by atoms with van der Waals surface area (Å²) in [5.74, 6) is -0.994. The van der Waals surface area contributed by atoms with Crippen LogP contribution in [-0.2, 0) is 16.1 Å². The highest BCUT2D eigenvalue weighted by atomic mass is 16.4. The number of rotatable bonds is 5. The van der Waals surface area contributed by atoms with Gasteiger partial charge in [0.25, 0.3) is 0 Å². The SMILES string of the molecule is CC(C)c1ccc([C@H]2[C@@H](C(=O)O)CCC(=O)N2Cc2ccccc2)cc1. The molecule has 4 heteroatoms. The Labute approximate surface area is 154 Å². The highest BCUT2D eigenvalue weighted by Gasteiger charge is 2.40. The molecular formula is C22H25NO3. The molecule has 4 nitrogen and oxygen atoms in total. The summed E-state index contributed by atoms with van der Waals surface area (Å²) < 4.78 is 0. The maximum Gasteiger partial charge on any atom is 0.308 e. The molecule has 1 heterocycles. The lowest BCUT2D eigenvalue weighted by Crippen LogP contribution is -2.44. The van der Waals surface area contributed by atoms with Crippen molar-refractivity contribution in [2.24, 2.45) is 5.92 Å². The van der Waals surface area contributed by atoms with Gasteiger partial charge < -0.3 is 10.0 Å². The second-order valence-electron chi connectivity index (χ2n) is 7.26. The molecule has 0 radical (unpaired) electrons. The zero-order valence-corrected chi connectivity index (χ0v) is 15.3. The average Bonchev–Trinajstić information content (AvgIpc) is 2.64. The van der Waals surface area contributed by atoms with Crippen LogP contribution in [0.15, 0.2) is 54.6 Å². The number of piperidine rings is 1. The van der Waals surface area contributed by atoms with Crippen LogP contribution in [0, 0.1) is 5.92 Å². The largest absolute Gasteiger partial charge is 0.481 e. The molecule has 1 fully saturated rings. The third-order valence-corrected chi connectivity index (χ3v) is 5.16. The second kappa shape index (κ2) is 7.73. The molecule has 1 aliphatic rings. The quantitative estimate of drug-likeness (QED) is 0.870. The standard InChI is InChI=1S/C22H25NO3/c1-15(2)17-8-10-18(11-9-17)21-19(22(25)26)12-13-20(24)23(21)14-16-6-4-3-5-7-16/h3-11,15,19,21H,12-14H2,1-2H3,(H,25,26)/t19-,21-/m0/s1. The number of hydrogen-bond donors (Lipinski definition) is 1. The van der Waals surface area contributed by atoms with Gasteiger partial charge in [-0.25, -0.2) is 0 Å². The van der Waals surface area contributed by atoms with E-state index in [1.165, 1.54) is 5.56 Å². The highest BCUT2D eigenvalue weighted by molar-refractivity contribution is 5.81. The van der Waals surface area contributed by atoms with E-state index in [9.17, 15) is 14.7 Å². The van der Waals surface area contributed by atoms with Crippen molar-refractivity contribution < 1.29 is 14.7 Å². The smallest absolute Gasteiger partial charge is 0.308 e. The molecule has 0 aromatic heterocycles. The summed E-state index contributed by atoms with van der Waals surface area (Å²) in [6, 6.07) is 17.3. The first-order valence-electron chi connectivity index (χ1n) is 9.13. The molecule has 2 atom stereocenters. The lowest BCUT2D eigenvalue weighted by Gasteiger charge is -2.40. The summed E-state index contributed by atoms with van der Waals surface area (Å²) in [6.07, 6.45) is 0.667. The van der Waals surface area contributed by atoms with Crippen molar-refractivity contribution in [1.82, 2.24) is 4.90 Å². The van der Waals surface area contributed by atoms with Gasteiger partial charge in [0.15, 0.2) is 0 Å². The monoisotopic (exact) mass is 351 g/mol. The van der Waals surface area contributed by atoms with Crippen LogP contribution in [0.1, 0.15) is 55.3 Å². The van der Waals surface area contributed by atoms with Gasteiger partial charge in [0.05, 0.1) is 12.0 Å². The van der Waals surface area contributed by atoms with E-state index in [4.69, 9.17) is 0 Å². The molecule has 0 bridgehead atoms. The molecule has 2 aromatic carbocycles. The molecule has 3 rings (SSSR count). The zero-order chi connectivity index (χ0) is 18.7. The number of amides is 1. The summed E-state index contributed by atoms with van der Waals surface area (Å²) in [5, 5.41) is 9.74. The van der Waals surface area contributed by atoms with Gasteiger partial charge in [0, 0.05) is 13.0 Å². The Morgan fingerprint density at radius 1 is 1.12 bits per heavy atom. The maximum atomic E-state index is 12.7. The van der Waals surface area contributed by atoms with Crippen molar-refractivity contribution in [3.8, 4) is 0 Å². The van der Waals surface area contributed by atoms with E-state index in [0.29, 0.717) is 18.9 Å². The normalized spacial score (nSPS) is 20.4. The Morgan fingerprint density at radius 2 is 1.77 bits per heavy atom. The van der Waals surface area contributed by atoms with Crippen LogP contribution >= 0.6 is 0 Å². The van der Waals surface area contributed by atoms with Crippen LogP contribution in [-0.4, -0.2) is 21.9 Å². The Balaban J connectivity index is 1.97. The molecular weight excluding hydrogens is 326 g/mol. The van der Waals surface area contributed by atoms with Crippen molar-refractivity contribution >= 4 is 11.9 Å². The minimum absolute atomic E-state index is 0.0179. The zero-order valence-electron chi connectivity index (χ0n) is 15.3. The van der Waals surface area contributed by atoms with E-state index in [2.05, 4.69) is 13.8 Å². The van der Waals surface area contributed by atoms with Gasteiger partial charge in [-0.3, -0.25) is 9.59 Å². The third-order valence-electron chi connectivity index (χ3n) is 5.16. The molecule has 1 amide bonds. The fourth-order valence-electron chi connectivity index (χ4n) is 3.67. The van der Waals surface area contributed by atoms with Crippen LogP contribution in [0.3, 0.4) is 0 Å². The third kappa shape index (κ3) is 3.79. The van der Waals surface area contributed by atoms with Gasteiger partial charge >= 0.3 is 5.97 Å². The van der Waals surface area contributed by atoms with Crippen LogP contribution in [0.5, 0.6) is 0 Å². The molecule has 1 N–H and O–H groups in total. The van der Waals surface area contributed by atoms with Gasteiger partial charge in [-0.1, -0.05) is 68.4 Å². The Kier molecular flexibility index (Phi) is 5.40. The van der Waals surface area contributed by atoms with Gasteiger partial charge in [-0.05, 0) is 29.0 Å². The van der Waals surface area contributed by atoms with Crippen molar-refractivity contribution in [3.05, 3.63) is 71.3 Å². The molecule has 0 spiro atoms. The fraction of sp³-hybridized carbons (Fsp3) is 0.364. The summed E-state index contributed by atoms with van der Waals surface area (Å²) in [6.45, 7) is 4.68. The molecule has 1 aliphatic heterocycles. The number of likely N-dealkylation sites (tertiary alicyclic amines) is 1. The first kappa shape index (κ1) is 18.2. The number of hydrogen-bond acceptors (Lipinski definition) is 2. The molecule has 1 saturated heterocycles. The van der Waals surface area contributed by atoms with E-state index >= 15 is 0 Å². The first-order chi connectivity index (χ1) is 12.5. The molecule has 136 valence electrons. The Hall–Kier alpha value is -2.62. The summed E-state index contributed by atoms with van der Waals surface area (Å²) in [5.41, 5.74) is 3.11. The average molecular weight is 351 g/mol. The van der Waals surface area contributed by atoms with Gasteiger partial charge in [-0.2, -0.15) is 0 Å². The minimum atomic E-state index is -0.839. The van der Waals surface area contributed by atoms with Crippen LogP contribution in [0.4, 0.5) is 0 Å². The number of carbonyl (C=O) groups excluding carboxylic acids is 1. The fourth-order valence-corrected chi connectivity index (χ4v) is 3.67. The molecule has 2 aromatic rings. The summed E-state index contributed by atoms with van der Waals surface area (Å²) in [7, 11) is 0. The Morgan fingerprint density at radius 3 is 2.35 bits per heavy atom. The summed E-state index contributed by atoms with van der Waals surface area (Å²) >= 11 is 0. The van der Waals surface area contributed by atoms with E-state index in [1.54, 1.807) is 4.90 Å². The predicted molar refractivity (Wildman–Crippen MR) is 101 cm³/mol. The lowest BCUT2D eigenvalue weighted by atomic mass is 9.83. The number of carboxylic acids is 1. The van der Waals surface area contributed by atoms with E-state index in [1.807, 2.05) is 54.6 Å². The van der Waals surface area contributed by atoms with Crippen molar-refractivity contribution in [3.63, 3.8) is 0 Å². The van der Waals surface area contributed by atoms with E-state index in [-0.39, 0.29) is 12.3 Å². The number of carboxylic acid groups (broad SMARTS) is 1. The Bertz CT molecular complexity index is 768. The molecule has 0 unspecified atom stereocenters. The topological polar surface area (TPSA) is 57.6 Å². The van der Waals surface area contributed by atoms with Gasteiger partial charge in [-0.15, -0.1) is 0 Å². The van der Waals surface area contributed by atoms with Gasteiger partial charge in [0.1, 0.15) is 0 Å². The number of aliphatic carboxylic acids is 1. The number of nitrogens with zero attached hydrogens (tertiary/aromatic N) is 1.